The van der Waals surface area contributed by atoms with E-state index in [1.54, 1.807) is 0 Å². The summed E-state index contributed by atoms with van der Waals surface area (Å²) in [7, 11) is 0. The molecule has 5 heteroatoms. The SMILES string of the molecule is CC(C)OC(=O)N1Cc2cc(N3CCN(C4CCCC4)CC3)ccc2C(C)(C)C1. The van der Waals surface area contributed by atoms with E-state index in [2.05, 4.69) is 41.8 Å². The zero-order valence-electron chi connectivity index (χ0n) is 18.6. The fourth-order valence-corrected chi connectivity index (χ4v) is 5.41. The molecular weight excluding hydrogens is 362 g/mol. The van der Waals surface area contributed by atoms with Gasteiger partial charge in [0.15, 0.2) is 0 Å². The quantitative estimate of drug-likeness (QED) is 0.755. The fraction of sp³-hybridized carbons (Fsp3) is 0.708. The smallest absolute Gasteiger partial charge is 0.410 e. The number of fused-ring (bicyclic) bond motifs is 1. The molecule has 1 saturated heterocycles. The number of ether oxygens (including phenoxy) is 1. The van der Waals surface area contributed by atoms with Gasteiger partial charge in [0.05, 0.1) is 6.10 Å². The maximum absolute atomic E-state index is 12.5. The molecule has 4 rings (SSSR count). The molecule has 2 heterocycles. The van der Waals surface area contributed by atoms with Crippen molar-refractivity contribution in [3.05, 3.63) is 29.3 Å². The molecule has 0 unspecified atom stereocenters. The van der Waals surface area contributed by atoms with Crippen molar-refractivity contribution in [1.82, 2.24) is 9.80 Å². The van der Waals surface area contributed by atoms with Gasteiger partial charge in [-0.3, -0.25) is 4.90 Å². The molecule has 1 amide bonds. The van der Waals surface area contributed by atoms with E-state index >= 15 is 0 Å². The maximum atomic E-state index is 12.5. The Morgan fingerprint density at radius 3 is 2.45 bits per heavy atom. The monoisotopic (exact) mass is 399 g/mol. The zero-order valence-corrected chi connectivity index (χ0v) is 18.6. The van der Waals surface area contributed by atoms with Gasteiger partial charge < -0.3 is 14.5 Å². The van der Waals surface area contributed by atoms with Crippen molar-refractivity contribution < 1.29 is 9.53 Å². The van der Waals surface area contributed by atoms with Crippen molar-refractivity contribution in [2.24, 2.45) is 0 Å². The largest absolute Gasteiger partial charge is 0.447 e. The van der Waals surface area contributed by atoms with Crippen LogP contribution in [-0.4, -0.2) is 60.8 Å². The average molecular weight is 400 g/mol. The number of piperazine rings is 1. The van der Waals surface area contributed by atoms with Gasteiger partial charge in [0.25, 0.3) is 0 Å². The van der Waals surface area contributed by atoms with Crippen molar-refractivity contribution in [2.75, 3.05) is 37.6 Å². The molecular formula is C24H37N3O2. The zero-order chi connectivity index (χ0) is 20.6. The van der Waals surface area contributed by atoms with Crippen LogP contribution in [0.5, 0.6) is 0 Å². The van der Waals surface area contributed by atoms with Gasteiger partial charge in [-0.1, -0.05) is 32.8 Å². The Morgan fingerprint density at radius 1 is 1.10 bits per heavy atom. The highest BCUT2D eigenvalue weighted by Crippen LogP contribution is 2.36. The molecule has 1 aliphatic carbocycles. The molecule has 5 nitrogen and oxygen atoms in total. The van der Waals surface area contributed by atoms with Gasteiger partial charge in [-0.05, 0) is 49.9 Å². The maximum Gasteiger partial charge on any atom is 0.410 e. The second kappa shape index (κ2) is 8.17. The Labute approximate surface area is 176 Å². The number of benzene rings is 1. The van der Waals surface area contributed by atoms with Gasteiger partial charge in [-0.15, -0.1) is 0 Å². The molecule has 1 aromatic rings. The highest BCUT2D eigenvalue weighted by molar-refractivity contribution is 5.69. The summed E-state index contributed by atoms with van der Waals surface area (Å²) in [4.78, 5) is 19.6. The predicted molar refractivity (Wildman–Crippen MR) is 118 cm³/mol. The second-order valence-electron chi connectivity index (χ2n) is 9.98. The van der Waals surface area contributed by atoms with Gasteiger partial charge in [0.2, 0.25) is 0 Å². The third kappa shape index (κ3) is 4.40. The molecule has 0 aromatic heterocycles. The van der Waals surface area contributed by atoms with Crippen LogP contribution in [0.15, 0.2) is 18.2 Å². The van der Waals surface area contributed by atoms with Crippen LogP contribution in [0, 0.1) is 0 Å². The van der Waals surface area contributed by atoms with Gasteiger partial charge in [-0.2, -0.15) is 0 Å². The van der Waals surface area contributed by atoms with Crippen LogP contribution in [0.3, 0.4) is 0 Å². The molecule has 0 bridgehead atoms. The standard InChI is InChI=1S/C24H37N3O2/c1-18(2)29-23(28)27-16-19-15-21(9-10-22(19)24(3,4)17-27)26-13-11-25(12-14-26)20-7-5-6-8-20/h9-10,15,18,20H,5-8,11-14,16-17H2,1-4H3. The van der Waals surface area contributed by atoms with E-state index in [0.717, 1.165) is 19.1 Å². The summed E-state index contributed by atoms with van der Waals surface area (Å²) < 4.78 is 5.48. The summed E-state index contributed by atoms with van der Waals surface area (Å²) in [6, 6.07) is 7.71. The highest BCUT2D eigenvalue weighted by Gasteiger charge is 2.35. The van der Waals surface area contributed by atoms with Crippen LogP contribution in [0.1, 0.15) is 64.5 Å². The van der Waals surface area contributed by atoms with Gasteiger partial charge in [-0.25, -0.2) is 4.79 Å². The highest BCUT2D eigenvalue weighted by atomic mass is 16.6. The average Bonchev–Trinajstić information content (AvgIpc) is 3.21. The summed E-state index contributed by atoms with van der Waals surface area (Å²) in [6.45, 7) is 14.1. The van der Waals surface area contributed by atoms with Gasteiger partial charge in [0, 0.05) is 56.4 Å². The van der Waals surface area contributed by atoms with E-state index in [1.165, 1.54) is 55.6 Å². The first-order valence-electron chi connectivity index (χ1n) is 11.4. The lowest BCUT2D eigenvalue weighted by atomic mass is 9.78. The second-order valence-corrected chi connectivity index (χ2v) is 9.98. The van der Waals surface area contributed by atoms with Gasteiger partial charge >= 0.3 is 6.09 Å². The molecule has 1 saturated carbocycles. The van der Waals surface area contributed by atoms with E-state index in [0.29, 0.717) is 13.1 Å². The normalized spacial score (nSPS) is 22.8. The van der Waals surface area contributed by atoms with E-state index in [4.69, 9.17) is 4.74 Å². The summed E-state index contributed by atoms with van der Waals surface area (Å²) in [6.07, 6.45) is 5.29. The number of nitrogens with zero attached hydrogens (tertiary/aromatic N) is 3. The predicted octanol–water partition coefficient (Wildman–Crippen LogP) is 4.39. The molecule has 160 valence electrons. The van der Waals surface area contributed by atoms with E-state index in [-0.39, 0.29) is 17.6 Å². The van der Waals surface area contributed by atoms with Crippen molar-refractivity contribution in [3.8, 4) is 0 Å². The number of rotatable bonds is 3. The van der Waals surface area contributed by atoms with E-state index < -0.39 is 0 Å². The topological polar surface area (TPSA) is 36.0 Å². The number of anilines is 1. The molecule has 3 aliphatic rings. The number of amides is 1. The Bertz CT molecular complexity index is 732. The number of hydrogen-bond donors (Lipinski definition) is 0. The molecule has 0 radical (unpaired) electrons. The third-order valence-corrected chi connectivity index (χ3v) is 6.88. The first-order chi connectivity index (χ1) is 13.8. The fourth-order valence-electron chi connectivity index (χ4n) is 5.41. The minimum absolute atomic E-state index is 0.0662. The lowest BCUT2D eigenvalue weighted by molar-refractivity contribution is 0.0647. The number of carbonyl (C=O) groups is 1. The lowest BCUT2D eigenvalue weighted by Gasteiger charge is -2.42. The van der Waals surface area contributed by atoms with E-state index in [9.17, 15) is 4.79 Å². The minimum Gasteiger partial charge on any atom is -0.447 e. The summed E-state index contributed by atoms with van der Waals surface area (Å²) in [5.41, 5.74) is 3.85. The van der Waals surface area contributed by atoms with Crippen LogP contribution in [-0.2, 0) is 16.7 Å². The van der Waals surface area contributed by atoms with Crippen LogP contribution < -0.4 is 4.90 Å². The molecule has 1 aromatic carbocycles. The molecule has 0 spiro atoms. The van der Waals surface area contributed by atoms with Gasteiger partial charge in [0.1, 0.15) is 0 Å². The first kappa shape index (κ1) is 20.5. The van der Waals surface area contributed by atoms with Crippen molar-refractivity contribution in [1.29, 1.82) is 0 Å². The van der Waals surface area contributed by atoms with Crippen LogP contribution in [0.4, 0.5) is 10.5 Å². The first-order valence-corrected chi connectivity index (χ1v) is 11.4. The number of hydrogen-bond acceptors (Lipinski definition) is 4. The molecule has 2 fully saturated rings. The van der Waals surface area contributed by atoms with Crippen molar-refractivity contribution in [3.63, 3.8) is 0 Å². The molecule has 2 aliphatic heterocycles. The summed E-state index contributed by atoms with van der Waals surface area (Å²) >= 11 is 0. The lowest BCUT2D eigenvalue weighted by Crippen LogP contribution is -2.50. The van der Waals surface area contributed by atoms with Crippen molar-refractivity contribution >= 4 is 11.8 Å². The number of carbonyl (C=O) groups excluding carboxylic acids is 1. The third-order valence-electron chi connectivity index (χ3n) is 6.88. The Hall–Kier alpha value is -1.75. The van der Waals surface area contributed by atoms with Crippen LogP contribution in [0.2, 0.25) is 0 Å². The molecule has 0 N–H and O–H groups in total. The summed E-state index contributed by atoms with van der Waals surface area (Å²) in [5, 5.41) is 0. The Kier molecular flexibility index (Phi) is 5.78. The van der Waals surface area contributed by atoms with Crippen LogP contribution in [0.25, 0.3) is 0 Å². The van der Waals surface area contributed by atoms with Crippen molar-refractivity contribution in [2.45, 2.75) is 77.5 Å². The molecule has 29 heavy (non-hydrogen) atoms. The summed E-state index contributed by atoms with van der Waals surface area (Å²) in [5.74, 6) is 0. The Balaban J connectivity index is 1.47. The minimum atomic E-state index is -0.200. The molecule has 0 atom stereocenters. The van der Waals surface area contributed by atoms with Crippen LogP contribution >= 0.6 is 0 Å². The van der Waals surface area contributed by atoms with E-state index in [1.807, 2.05) is 18.7 Å². The Morgan fingerprint density at radius 2 is 1.79 bits per heavy atom.